The molecule has 5 rings (SSSR count). The van der Waals surface area contributed by atoms with E-state index in [1.54, 1.807) is 43.3 Å². The van der Waals surface area contributed by atoms with Crippen LogP contribution in [0, 0.1) is 30.9 Å². The summed E-state index contributed by atoms with van der Waals surface area (Å²) in [4.78, 5) is 43.7. The minimum Gasteiger partial charge on any atom is -0.319 e. The Balaban J connectivity index is 1.65. The van der Waals surface area contributed by atoms with Crippen molar-refractivity contribution in [2.45, 2.75) is 31.2 Å². The zero-order valence-electron chi connectivity index (χ0n) is 22.1. The quantitative estimate of drug-likeness (QED) is 0.105. The van der Waals surface area contributed by atoms with Gasteiger partial charge in [-0.05, 0) is 73.4 Å². The molecule has 0 spiro atoms. The topological polar surface area (TPSA) is 107 Å². The number of thioether (sulfide) groups is 1. The van der Waals surface area contributed by atoms with Crippen LogP contribution in [0.1, 0.15) is 27.5 Å². The number of hydrogen-bond acceptors (Lipinski definition) is 6. The summed E-state index contributed by atoms with van der Waals surface area (Å²) in [5.41, 5.74) is 4.14. The average Bonchev–Trinajstić information content (AvgIpc) is 2.92. The molecule has 5 aromatic rings. The standard InChI is InChI=1S/C31H26N4O4S/c1-19-13-14-26(27(18-19)35(38)39)32-29(36)28(22-9-5-4-6-10-22)40-31-33-25-12-8-7-11-24(25)30(37)34(31)23-16-20(2)15-21(3)17-23/h4-18,28H,1-3H3,(H,32,36)/t28-/m0/s1. The number of nitrogens with zero attached hydrogens (tertiary/aromatic N) is 3. The van der Waals surface area contributed by atoms with Gasteiger partial charge in [-0.15, -0.1) is 0 Å². The summed E-state index contributed by atoms with van der Waals surface area (Å²) >= 11 is 1.12. The lowest BCUT2D eigenvalue weighted by Crippen LogP contribution is -2.24. The molecule has 0 saturated carbocycles. The summed E-state index contributed by atoms with van der Waals surface area (Å²) in [5, 5.41) is 14.4. The fourth-order valence-corrected chi connectivity index (χ4v) is 5.72. The van der Waals surface area contributed by atoms with Gasteiger partial charge in [0.2, 0.25) is 5.91 Å². The number of hydrogen-bond donors (Lipinski definition) is 1. The van der Waals surface area contributed by atoms with E-state index in [9.17, 15) is 19.7 Å². The van der Waals surface area contributed by atoms with Gasteiger partial charge in [-0.2, -0.15) is 0 Å². The fourth-order valence-electron chi connectivity index (χ4n) is 4.60. The van der Waals surface area contributed by atoms with E-state index in [4.69, 9.17) is 4.98 Å². The van der Waals surface area contributed by atoms with Crippen LogP contribution in [0.2, 0.25) is 0 Å². The Labute approximate surface area is 234 Å². The molecule has 1 N–H and O–H groups in total. The van der Waals surface area contributed by atoms with Gasteiger partial charge in [-0.3, -0.25) is 24.3 Å². The third-order valence-corrected chi connectivity index (χ3v) is 7.59. The molecule has 1 amide bonds. The van der Waals surface area contributed by atoms with Crippen LogP contribution in [0.4, 0.5) is 11.4 Å². The average molecular weight is 551 g/mol. The molecule has 1 heterocycles. The van der Waals surface area contributed by atoms with Crippen LogP contribution in [-0.2, 0) is 4.79 Å². The molecule has 0 aliphatic heterocycles. The Hall–Kier alpha value is -4.76. The highest BCUT2D eigenvalue weighted by Gasteiger charge is 2.28. The van der Waals surface area contributed by atoms with Gasteiger partial charge in [-0.1, -0.05) is 66.4 Å². The maximum Gasteiger partial charge on any atom is 0.293 e. The normalized spacial score (nSPS) is 11.8. The van der Waals surface area contributed by atoms with Gasteiger partial charge in [0.1, 0.15) is 10.9 Å². The first kappa shape index (κ1) is 26.8. The van der Waals surface area contributed by atoms with Crippen LogP contribution < -0.4 is 10.9 Å². The summed E-state index contributed by atoms with van der Waals surface area (Å²) in [6.07, 6.45) is 0. The monoisotopic (exact) mass is 550 g/mol. The molecule has 0 unspecified atom stereocenters. The van der Waals surface area contributed by atoms with E-state index < -0.39 is 16.1 Å². The second kappa shape index (κ2) is 11.2. The van der Waals surface area contributed by atoms with E-state index in [-0.39, 0.29) is 16.9 Å². The Morgan fingerprint density at radius 1 is 0.900 bits per heavy atom. The highest BCUT2D eigenvalue weighted by molar-refractivity contribution is 8.00. The number of carbonyl (C=O) groups excluding carboxylic acids is 1. The van der Waals surface area contributed by atoms with E-state index in [2.05, 4.69) is 5.32 Å². The Morgan fingerprint density at radius 2 is 1.57 bits per heavy atom. The third-order valence-electron chi connectivity index (χ3n) is 6.38. The first-order valence-electron chi connectivity index (χ1n) is 12.6. The van der Waals surface area contributed by atoms with Crippen molar-refractivity contribution in [2.75, 3.05) is 5.32 Å². The number of nitro groups is 1. The van der Waals surface area contributed by atoms with Crippen molar-refractivity contribution in [3.8, 4) is 5.69 Å². The Morgan fingerprint density at radius 3 is 2.27 bits per heavy atom. The number of nitro benzene ring substituents is 1. The van der Waals surface area contributed by atoms with E-state index >= 15 is 0 Å². The molecule has 8 nitrogen and oxygen atoms in total. The second-order valence-electron chi connectivity index (χ2n) is 9.57. The van der Waals surface area contributed by atoms with Crippen LogP contribution >= 0.6 is 11.8 Å². The predicted octanol–water partition coefficient (Wildman–Crippen LogP) is 6.69. The molecule has 0 radical (unpaired) electrons. The summed E-state index contributed by atoms with van der Waals surface area (Å²) in [5.74, 6) is -0.475. The number of carbonyl (C=O) groups is 1. The lowest BCUT2D eigenvalue weighted by Gasteiger charge is -2.20. The number of amides is 1. The number of aryl methyl sites for hydroxylation is 3. The number of aromatic nitrogens is 2. The maximum absolute atomic E-state index is 13.8. The molecule has 9 heteroatoms. The van der Waals surface area contributed by atoms with Crippen molar-refractivity contribution in [1.29, 1.82) is 0 Å². The van der Waals surface area contributed by atoms with Crippen LogP contribution in [0.5, 0.6) is 0 Å². The van der Waals surface area contributed by atoms with Gasteiger partial charge < -0.3 is 5.32 Å². The summed E-state index contributed by atoms with van der Waals surface area (Å²) in [6.45, 7) is 5.66. The first-order chi connectivity index (χ1) is 19.2. The Bertz CT molecular complexity index is 1800. The van der Waals surface area contributed by atoms with Gasteiger partial charge in [0.15, 0.2) is 5.16 Å². The molecule has 200 valence electrons. The van der Waals surface area contributed by atoms with Crippen LogP contribution in [0.3, 0.4) is 0 Å². The molecule has 0 bridgehead atoms. The zero-order chi connectivity index (χ0) is 28.4. The summed E-state index contributed by atoms with van der Waals surface area (Å²) in [7, 11) is 0. The lowest BCUT2D eigenvalue weighted by atomic mass is 10.1. The van der Waals surface area contributed by atoms with Crippen molar-refractivity contribution < 1.29 is 9.72 Å². The molecular weight excluding hydrogens is 524 g/mol. The maximum atomic E-state index is 13.8. The van der Waals surface area contributed by atoms with Crippen LogP contribution in [0.25, 0.3) is 16.6 Å². The van der Waals surface area contributed by atoms with Crippen LogP contribution in [-0.4, -0.2) is 20.4 Å². The smallest absolute Gasteiger partial charge is 0.293 e. The SMILES string of the molecule is Cc1cc(C)cc(-n2c(S[C@H](C(=O)Nc3ccc(C)cc3[N+](=O)[O-])c3ccccc3)nc3ccccc3c2=O)c1. The van der Waals surface area contributed by atoms with Crippen molar-refractivity contribution in [3.05, 3.63) is 134 Å². The summed E-state index contributed by atoms with van der Waals surface area (Å²) in [6, 6.07) is 26.7. The van der Waals surface area contributed by atoms with Gasteiger partial charge in [0, 0.05) is 6.07 Å². The van der Waals surface area contributed by atoms with Crippen LogP contribution in [0.15, 0.2) is 101 Å². The minimum atomic E-state index is -0.868. The molecule has 40 heavy (non-hydrogen) atoms. The number of benzene rings is 4. The number of fused-ring (bicyclic) bond motifs is 1. The molecule has 1 aromatic heterocycles. The van der Waals surface area contributed by atoms with Gasteiger partial charge in [0.25, 0.3) is 11.2 Å². The van der Waals surface area contributed by atoms with Gasteiger partial charge >= 0.3 is 0 Å². The zero-order valence-corrected chi connectivity index (χ0v) is 22.9. The van der Waals surface area contributed by atoms with E-state index in [0.29, 0.717) is 32.9 Å². The van der Waals surface area contributed by atoms with Gasteiger partial charge in [-0.25, -0.2) is 4.98 Å². The number of rotatable bonds is 7. The second-order valence-corrected chi connectivity index (χ2v) is 10.6. The minimum absolute atomic E-state index is 0.0975. The van der Waals surface area contributed by atoms with E-state index in [1.165, 1.54) is 16.7 Å². The predicted molar refractivity (Wildman–Crippen MR) is 158 cm³/mol. The number of anilines is 1. The Kier molecular flexibility index (Phi) is 7.48. The molecular formula is C31H26N4O4S. The first-order valence-corrected chi connectivity index (χ1v) is 13.5. The molecule has 0 aliphatic rings. The largest absolute Gasteiger partial charge is 0.319 e. The third kappa shape index (κ3) is 5.50. The summed E-state index contributed by atoms with van der Waals surface area (Å²) < 4.78 is 1.53. The van der Waals surface area contributed by atoms with Crippen molar-refractivity contribution in [1.82, 2.24) is 9.55 Å². The highest BCUT2D eigenvalue weighted by atomic mass is 32.2. The van der Waals surface area contributed by atoms with E-state index in [1.807, 2.05) is 56.3 Å². The molecule has 0 saturated heterocycles. The molecule has 1 atom stereocenters. The number of nitrogens with one attached hydrogen (secondary N) is 1. The van der Waals surface area contributed by atoms with Crippen molar-refractivity contribution in [2.24, 2.45) is 0 Å². The van der Waals surface area contributed by atoms with Gasteiger partial charge in [0.05, 0.1) is 21.5 Å². The van der Waals surface area contributed by atoms with E-state index in [0.717, 1.165) is 22.9 Å². The van der Waals surface area contributed by atoms with Crippen molar-refractivity contribution >= 4 is 39.9 Å². The molecule has 0 fully saturated rings. The lowest BCUT2D eigenvalue weighted by molar-refractivity contribution is -0.384. The van der Waals surface area contributed by atoms with Crippen molar-refractivity contribution in [3.63, 3.8) is 0 Å². The number of para-hydroxylation sites is 1. The highest BCUT2D eigenvalue weighted by Crippen LogP contribution is 2.37. The molecule has 0 aliphatic carbocycles. The molecule has 4 aromatic carbocycles. The fraction of sp³-hybridized carbons (Fsp3) is 0.129.